The largest absolute Gasteiger partial charge is 0.377 e. The van der Waals surface area contributed by atoms with E-state index >= 15 is 0 Å². The zero-order valence-electron chi connectivity index (χ0n) is 13.0. The van der Waals surface area contributed by atoms with Crippen LogP contribution in [-0.4, -0.2) is 53.8 Å². The van der Waals surface area contributed by atoms with Gasteiger partial charge in [-0.25, -0.2) is 0 Å². The van der Waals surface area contributed by atoms with Crippen LogP contribution < -0.4 is 5.32 Å². The molecule has 3 saturated heterocycles. The van der Waals surface area contributed by atoms with E-state index in [1.54, 1.807) is 0 Å². The fourth-order valence-corrected chi connectivity index (χ4v) is 3.19. The topological polar surface area (TPSA) is 58.2 Å². The fourth-order valence-electron chi connectivity index (χ4n) is 3.10. The summed E-state index contributed by atoms with van der Waals surface area (Å²) in [7, 11) is 0. The summed E-state index contributed by atoms with van der Waals surface area (Å²) >= 11 is 5.06. The number of ether oxygens (including phenoxy) is 5. The van der Waals surface area contributed by atoms with Gasteiger partial charge in [-0.1, -0.05) is 12.2 Å². The molecule has 0 aliphatic carbocycles. The average molecular weight is 317 g/mol. The van der Waals surface area contributed by atoms with E-state index in [9.17, 15) is 0 Å². The molecule has 21 heavy (non-hydrogen) atoms. The predicted octanol–water partition coefficient (Wildman–Crippen LogP) is 1.32. The van der Waals surface area contributed by atoms with Crippen molar-refractivity contribution in [2.24, 2.45) is 0 Å². The second kappa shape index (κ2) is 5.11. The van der Waals surface area contributed by atoms with Crippen LogP contribution in [0.5, 0.6) is 0 Å². The molecule has 6 nitrogen and oxygen atoms in total. The number of fused-ring (bicyclic) bond motifs is 3. The van der Waals surface area contributed by atoms with E-state index in [0.29, 0.717) is 6.54 Å². The Morgan fingerprint density at radius 3 is 2.19 bits per heavy atom. The van der Waals surface area contributed by atoms with E-state index in [2.05, 4.69) is 5.32 Å². The van der Waals surface area contributed by atoms with E-state index < -0.39 is 17.9 Å². The van der Waals surface area contributed by atoms with E-state index in [0.717, 1.165) is 4.99 Å². The smallest absolute Gasteiger partial charge is 0.190 e. The van der Waals surface area contributed by atoms with Crippen molar-refractivity contribution in [3.63, 3.8) is 0 Å². The number of nitrogens with one attached hydrogen (secondary N) is 1. The van der Waals surface area contributed by atoms with Crippen LogP contribution in [0.15, 0.2) is 0 Å². The van der Waals surface area contributed by atoms with Crippen LogP contribution in [0.4, 0.5) is 0 Å². The van der Waals surface area contributed by atoms with Gasteiger partial charge in [-0.2, -0.15) is 0 Å². The van der Waals surface area contributed by atoms with Crippen LogP contribution in [0.1, 0.15) is 34.6 Å². The van der Waals surface area contributed by atoms with E-state index in [1.165, 1.54) is 0 Å². The van der Waals surface area contributed by atoms with Gasteiger partial charge in [0.05, 0.1) is 4.99 Å². The minimum absolute atomic E-state index is 0.201. The molecule has 5 atom stereocenters. The minimum atomic E-state index is -0.682. The zero-order chi connectivity index (χ0) is 15.4. The van der Waals surface area contributed by atoms with Gasteiger partial charge >= 0.3 is 0 Å². The average Bonchev–Trinajstić information content (AvgIpc) is 2.80. The molecule has 0 spiro atoms. The summed E-state index contributed by atoms with van der Waals surface area (Å²) < 4.78 is 29.8. The molecule has 1 N–H and O–H groups in total. The maximum Gasteiger partial charge on any atom is 0.190 e. The molecule has 0 saturated carbocycles. The molecule has 3 fully saturated rings. The predicted molar refractivity (Wildman–Crippen MR) is 78.8 cm³/mol. The lowest BCUT2D eigenvalue weighted by atomic mass is 9.99. The molecule has 3 rings (SSSR count). The molecule has 3 aliphatic rings. The van der Waals surface area contributed by atoms with E-state index in [4.69, 9.17) is 35.9 Å². The van der Waals surface area contributed by atoms with E-state index in [1.807, 2.05) is 34.6 Å². The summed E-state index contributed by atoms with van der Waals surface area (Å²) in [4.78, 5) is 0.722. The van der Waals surface area contributed by atoms with Crippen LogP contribution in [0.3, 0.4) is 0 Å². The SMILES string of the molecule is CC(=S)NC[C@H]1O[C@@H]2OC(C)(C)O[C@@H]2[C@H]2OC(C)(C)O[C@H]21. The molecule has 0 unspecified atom stereocenters. The standard InChI is InChI=1S/C14H23NO5S/c1-7(21)15-6-8-9-10(18-13(2,3)17-9)11-12(16-8)20-14(4,5)19-11/h8-12H,6H2,1-5H3,(H,15,21)/t8-,9+,10+,11-,12-/m1/s1. The Hall–Kier alpha value is -0.310. The molecular formula is C14H23NO5S. The van der Waals surface area contributed by atoms with Gasteiger partial charge in [-0.15, -0.1) is 0 Å². The van der Waals surface area contributed by atoms with Crippen molar-refractivity contribution in [2.45, 2.75) is 76.9 Å². The van der Waals surface area contributed by atoms with Crippen molar-refractivity contribution >= 4 is 17.2 Å². The second-order valence-corrected chi connectivity index (χ2v) is 7.26. The van der Waals surface area contributed by atoms with Crippen LogP contribution in [0.25, 0.3) is 0 Å². The first-order valence-electron chi connectivity index (χ1n) is 7.28. The lowest BCUT2D eigenvalue weighted by Crippen LogP contribution is -2.57. The van der Waals surface area contributed by atoms with E-state index in [-0.39, 0.29) is 24.4 Å². The molecule has 7 heteroatoms. The molecule has 3 aliphatic heterocycles. The lowest BCUT2D eigenvalue weighted by molar-refractivity contribution is -0.231. The third kappa shape index (κ3) is 3.09. The molecule has 0 amide bonds. The van der Waals surface area contributed by atoms with Gasteiger partial charge in [0.25, 0.3) is 0 Å². The maximum absolute atomic E-state index is 6.03. The summed E-state index contributed by atoms with van der Waals surface area (Å²) in [5, 5.41) is 3.13. The first-order chi connectivity index (χ1) is 9.67. The van der Waals surface area contributed by atoms with Crippen LogP contribution in [0.2, 0.25) is 0 Å². The zero-order valence-corrected chi connectivity index (χ0v) is 13.9. The number of rotatable bonds is 2. The third-order valence-corrected chi connectivity index (χ3v) is 3.95. The first-order valence-corrected chi connectivity index (χ1v) is 7.69. The highest BCUT2D eigenvalue weighted by atomic mass is 32.1. The lowest BCUT2D eigenvalue weighted by Gasteiger charge is -2.37. The highest BCUT2D eigenvalue weighted by Gasteiger charge is 2.60. The Morgan fingerprint density at radius 1 is 0.952 bits per heavy atom. The fraction of sp³-hybridized carbons (Fsp3) is 0.929. The van der Waals surface area contributed by atoms with Crippen molar-refractivity contribution in [3.8, 4) is 0 Å². The van der Waals surface area contributed by atoms with Gasteiger partial charge in [0, 0.05) is 6.54 Å². The summed E-state index contributed by atoms with van der Waals surface area (Å²) in [5.41, 5.74) is 0. The molecule has 0 aromatic heterocycles. The quantitative estimate of drug-likeness (QED) is 0.771. The van der Waals surface area contributed by atoms with Gasteiger partial charge in [0.15, 0.2) is 17.9 Å². The van der Waals surface area contributed by atoms with Gasteiger partial charge < -0.3 is 29.0 Å². The van der Waals surface area contributed by atoms with Crippen molar-refractivity contribution < 1.29 is 23.7 Å². The second-order valence-electron chi connectivity index (χ2n) is 6.64. The van der Waals surface area contributed by atoms with Gasteiger partial charge in [0.2, 0.25) is 0 Å². The molecule has 0 aromatic carbocycles. The summed E-state index contributed by atoms with van der Waals surface area (Å²) in [6, 6.07) is 0. The number of hydrogen-bond donors (Lipinski definition) is 1. The number of thiocarbonyl (C=S) groups is 1. The van der Waals surface area contributed by atoms with Crippen molar-refractivity contribution in [1.29, 1.82) is 0 Å². The first kappa shape index (κ1) is 15.6. The van der Waals surface area contributed by atoms with Crippen LogP contribution in [-0.2, 0) is 23.7 Å². The summed E-state index contributed by atoms with van der Waals surface area (Å²) in [6.45, 7) is 9.94. The highest BCUT2D eigenvalue weighted by molar-refractivity contribution is 7.80. The Morgan fingerprint density at radius 2 is 1.52 bits per heavy atom. The maximum atomic E-state index is 6.03. The summed E-state index contributed by atoms with van der Waals surface area (Å²) in [6.07, 6.45) is -1.35. The van der Waals surface area contributed by atoms with Crippen LogP contribution >= 0.6 is 12.2 Å². The Bertz CT molecular complexity index is 441. The van der Waals surface area contributed by atoms with Crippen molar-refractivity contribution in [1.82, 2.24) is 5.32 Å². The summed E-state index contributed by atoms with van der Waals surface area (Å²) in [5.74, 6) is -1.34. The van der Waals surface area contributed by atoms with Crippen molar-refractivity contribution in [2.75, 3.05) is 6.54 Å². The molecule has 120 valence electrons. The molecule has 0 bridgehead atoms. The van der Waals surface area contributed by atoms with Gasteiger partial charge in [0.1, 0.15) is 24.4 Å². The molecule has 0 radical (unpaired) electrons. The normalized spacial score (nSPS) is 43.2. The third-order valence-electron chi connectivity index (χ3n) is 3.80. The minimum Gasteiger partial charge on any atom is -0.377 e. The molecular weight excluding hydrogens is 294 g/mol. The Labute approximate surface area is 130 Å². The Balaban J connectivity index is 1.80. The number of hydrogen-bond acceptors (Lipinski definition) is 6. The van der Waals surface area contributed by atoms with Crippen molar-refractivity contribution in [3.05, 3.63) is 0 Å². The molecule has 3 heterocycles. The van der Waals surface area contributed by atoms with Gasteiger partial charge in [-0.05, 0) is 34.6 Å². The van der Waals surface area contributed by atoms with Crippen LogP contribution in [0, 0.1) is 0 Å². The van der Waals surface area contributed by atoms with Gasteiger partial charge in [-0.3, -0.25) is 0 Å². The Kier molecular flexibility index (Phi) is 3.79. The molecule has 0 aromatic rings. The monoisotopic (exact) mass is 317 g/mol. The highest BCUT2D eigenvalue weighted by Crippen LogP contribution is 2.43.